The van der Waals surface area contributed by atoms with E-state index in [1.807, 2.05) is 12.1 Å². The lowest BCUT2D eigenvalue weighted by Crippen LogP contribution is -2.29. The standard InChI is InChI=1S/C12H13N3/c1-10-4-3-7-15(9-10)12-6-2-5-11(8-13)14-12/h2,4-6H,3,7,9H2,1H3. The summed E-state index contributed by atoms with van der Waals surface area (Å²) in [6.45, 7) is 4.03. The molecule has 2 rings (SSSR count). The second-order valence-electron chi connectivity index (χ2n) is 3.75. The summed E-state index contributed by atoms with van der Waals surface area (Å²) < 4.78 is 0. The van der Waals surface area contributed by atoms with Crippen LogP contribution < -0.4 is 4.90 Å². The predicted octanol–water partition coefficient (Wildman–Crippen LogP) is 2.11. The van der Waals surface area contributed by atoms with E-state index < -0.39 is 0 Å². The summed E-state index contributed by atoms with van der Waals surface area (Å²) in [5.41, 5.74) is 1.85. The Balaban J connectivity index is 2.23. The van der Waals surface area contributed by atoms with Gasteiger partial charge in [0, 0.05) is 13.1 Å². The topological polar surface area (TPSA) is 39.9 Å². The van der Waals surface area contributed by atoms with E-state index in [1.54, 1.807) is 6.07 Å². The molecule has 0 atom stereocenters. The van der Waals surface area contributed by atoms with Crippen molar-refractivity contribution in [2.24, 2.45) is 0 Å². The lowest BCUT2D eigenvalue weighted by molar-refractivity contribution is 0.777. The third-order valence-corrected chi connectivity index (χ3v) is 2.51. The van der Waals surface area contributed by atoms with E-state index >= 15 is 0 Å². The minimum atomic E-state index is 0.486. The van der Waals surface area contributed by atoms with Gasteiger partial charge in [0.1, 0.15) is 17.6 Å². The van der Waals surface area contributed by atoms with Crippen LogP contribution in [0.4, 0.5) is 5.82 Å². The van der Waals surface area contributed by atoms with Gasteiger partial charge in [0.25, 0.3) is 0 Å². The third-order valence-electron chi connectivity index (χ3n) is 2.51. The molecule has 3 heteroatoms. The normalized spacial score (nSPS) is 15.7. The van der Waals surface area contributed by atoms with Crippen molar-refractivity contribution in [2.75, 3.05) is 18.0 Å². The molecular formula is C12H13N3. The molecule has 0 unspecified atom stereocenters. The molecule has 0 N–H and O–H groups in total. The first-order chi connectivity index (χ1) is 7.29. The number of nitriles is 1. The van der Waals surface area contributed by atoms with Crippen LogP contribution in [-0.2, 0) is 0 Å². The van der Waals surface area contributed by atoms with Gasteiger partial charge < -0.3 is 4.90 Å². The van der Waals surface area contributed by atoms with Crippen molar-refractivity contribution in [1.29, 1.82) is 5.26 Å². The summed E-state index contributed by atoms with van der Waals surface area (Å²) >= 11 is 0. The highest BCUT2D eigenvalue weighted by Crippen LogP contribution is 2.17. The Labute approximate surface area is 89.7 Å². The van der Waals surface area contributed by atoms with Crippen molar-refractivity contribution in [3.8, 4) is 6.07 Å². The molecule has 15 heavy (non-hydrogen) atoms. The molecule has 0 saturated heterocycles. The van der Waals surface area contributed by atoms with E-state index in [2.05, 4.69) is 29.0 Å². The highest BCUT2D eigenvalue weighted by molar-refractivity contribution is 5.44. The molecule has 1 aliphatic rings. The van der Waals surface area contributed by atoms with Gasteiger partial charge in [-0.3, -0.25) is 0 Å². The Morgan fingerprint density at radius 3 is 3.07 bits per heavy atom. The van der Waals surface area contributed by atoms with Crippen molar-refractivity contribution < 1.29 is 0 Å². The fraction of sp³-hybridized carbons (Fsp3) is 0.333. The van der Waals surface area contributed by atoms with Gasteiger partial charge in [-0.15, -0.1) is 0 Å². The Kier molecular flexibility index (Phi) is 2.68. The molecule has 0 radical (unpaired) electrons. The number of anilines is 1. The highest BCUT2D eigenvalue weighted by Gasteiger charge is 2.11. The number of rotatable bonds is 1. The molecule has 2 heterocycles. The smallest absolute Gasteiger partial charge is 0.142 e. The maximum absolute atomic E-state index is 8.77. The molecule has 3 nitrogen and oxygen atoms in total. The zero-order chi connectivity index (χ0) is 10.7. The lowest BCUT2D eigenvalue weighted by Gasteiger charge is -2.27. The Morgan fingerprint density at radius 2 is 2.33 bits per heavy atom. The molecule has 76 valence electrons. The van der Waals surface area contributed by atoms with Gasteiger partial charge in [-0.2, -0.15) is 5.26 Å². The maximum atomic E-state index is 8.77. The van der Waals surface area contributed by atoms with Crippen molar-refractivity contribution in [1.82, 2.24) is 4.98 Å². The Morgan fingerprint density at radius 1 is 1.47 bits per heavy atom. The zero-order valence-corrected chi connectivity index (χ0v) is 8.77. The number of hydrogen-bond acceptors (Lipinski definition) is 3. The summed E-state index contributed by atoms with van der Waals surface area (Å²) in [5, 5.41) is 8.77. The largest absolute Gasteiger partial charge is 0.352 e. The van der Waals surface area contributed by atoms with E-state index in [-0.39, 0.29) is 0 Å². The monoisotopic (exact) mass is 199 g/mol. The van der Waals surface area contributed by atoms with E-state index in [0.717, 1.165) is 25.3 Å². The number of pyridine rings is 1. The zero-order valence-electron chi connectivity index (χ0n) is 8.77. The quantitative estimate of drug-likeness (QED) is 0.650. The third kappa shape index (κ3) is 2.16. The van der Waals surface area contributed by atoms with Gasteiger partial charge in [0.15, 0.2) is 0 Å². The summed E-state index contributed by atoms with van der Waals surface area (Å²) in [7, 11) is 0. The van der Waals surface area contributed by atoms with Crippen molar-refractivity contribution in [2.45, 2.75) is 13.3 Å². The van der Waals surface area contributed by atoms with Crippen LogP contribution in [0.15, 0.2) is 29.8 Å². The van der Waals surface area contributed by atoms with Crippen molar-refractivity contribution in [3.63, 3.8) is 0 Å². The SMILES string of the molecule is CC1=CCCN(c2cccc(C#N)n2)C1. The molecule has 0 aromatic carbocycles. The molecule has 1 aromatic heterocycles. The summed E-state index contributed by atoms with van der Waals surface area (Å²) in [6, 6.07) is 7.64. The summed E-state index contributed by atoms with van der Waals surface area (Å²) in [5.74, 6) is 0.904. The average Bonchev–Trinajstić information content (AvgIpc) is 2.29. The summed E-state index contributed by atoms with van der Waals surface area (Å²) in [4.78, 5) is 6.49. The van der Waals surface area contributed by atoms with E-state index in [9.17, 15) is 0 Å². The van der Waals surface area contributed by atoms with Crippen molar-refractivity contribution >= 4 is 5.82 Å². The van der Waals surface area contributed by atoms with Crippen LogP contribution in [0.2, 0.25) is 0 Å². The van der Waals surface area contributed by atoms with Gasteiger partial charge >= 0.3 is 0 Å². The molecule has 1 aromatic rings. The first-order valence-corrected chi connectivity index (χ1v) is 5.07. The fourth-order valence-electron chi connectivity index (χ4n) is 1.77. The second kappa shape index (κ2) is 4.14. The molecule has 0 saturated carbocycles. The van der Waals surface area contributed by atoms with Gasteiger partial charge in [-0.1, -0.05) is 17.7 Å². The fourth-order valence-corrected chi connectivity index (χ4v) is 1.77. The van der Waals surface area contributed by atoms with E-state index in [4.69, 9.17) is 5.26 Å². The average molecular weight is 199 g/mol. The number of aromatic nitrogens is 1. The minimum absolute atomic E-state index is 0.486. The molecule has 0 spiro atoms. The van der Waals surface area contributed by atoms with Gasteiger partial charge in [0.05, 0.1) is 0 Å². The van der Waals surface area contributed by atoms with Gasteiger partial charge in [-0.25, -0.2) is 4.98 Å². The van der Waals surface area contributed by atoms with Crippen LogP contribution in [0.1, 0.15) is 19.0 Å². The van der Waals surface area contributed by atoms with Gasteiger partial charge in [-0.05, 0) is 25.5 Å². The predicted molar refractivity (Wildman–Crippen MR) is 59.5 cm³/mol. The second-order valence-corrected chi connectivity index (χ2v) is 3.75. The maximum Gasteiger partial charge on any atom is 0.142 e. The van der Waals surface area contributed by atoms with Crippen LogP contribution in [0.3, 0.4) is 0 Å². The molecule has 0 amide bonds. The molecule has 0 bridgehead atoms. The molecule has 0 fully saturated rings. The Hall–Kier alpha value is -1.82. The first-order valence-electron chi connectivity index (χ1n) is 5.07. The van der Waals surface area contributed by atoms with Crippen LogP contribution in [0.25, 0.3) is 0 Å². The van der Waals surface area contributed by atoms with Crippen LogP contribution in [0, 0.1) is 11.3 Å². The molecule has 0 aliphatic carbocycles. The van der Waals surface area contributed by atoms with Crippen LogP contribution in [-0.4, -0.2) is 18.1 Å². The minimum Gasteiger partial charge on any atom is -0.352 e. The molecule has 1 aliphatic heterocycles. The van der Waals surface area contributed by atoms with Crippen LogP contribution >= 0.6 is 0 Å². The lowest BCUT2D eigenvalue weighted by atomic mass is 10.1. The first kappa shape index (κ1) is 9.72. The number of hydrogen-bond donors (Lipinski definition) is 0. The Bertz CT molecular complexity index is 429. The summed E-state index contributed by atoms with van der Waals surface area (Å²) in [6.07, 6.45) is 3.31. The van der Waals surface area contributed by atoms with E-state index in [1.165, 1.54) is 5.57 Å². The molecular weight excluding hydrogens is 186 g/mol. The van der Waals surface area contributed by atoms with Crippen LogP contribution in [0.5, 0.6) is 0 Å². The number of nitrogens with zero attached hydrogens (tertiary/aromatic N) is 3. The van der Waals surface area contributed by atoms with Gasteiger partial charge in [0.2, 0.25) is 0 Å². The highest BCUT2D eigenvalue weighted by atomic mass is 15.2. The van der Waals surface area contributed by atoms with Crippen molar-refractivity contribution in [3.05, 3.63) is 35.5 Å². The van der Waals surface area contributed by atoms with E-state index in [0.29, 0.717) is 5.69 Å².